The van der Waals surface area contributed by atoms with Gasteiger partial charge in [0.2, 0.25) is 5.91 Å². The van der Waals surface area contributed by atoms with E-state index in [0.29, 0.717) is 0 Å². The van der Waals surface area contributed by atoms with Gasteiger partial charge in [-0.05, 0) is 24.3 Å². The summed E-state index contributed by atoms with van der Waals surface area (Å²) < 4.78 is 0. The Morgan fingerprint density at radius 1 is 0.952 bits per heavy atom. The molecule has 0 radical (unpaired) electrons. The van der Waals surface area contributed by atoms with E-state index in [1.807, 2.05) is 60.7 Å². The first-order valence-electron chi connectivity index (χ1n) is 6.72. The zero-order valence-corrected chi connectivity index (χ0v) is 11.6. The van der Waals surface area contributed by atoms with E-state index in [9.17, 15) is 4.79 Å². The number of carbonyl (C=O) groups is 1. The number of nitrogens with zero attached hydrogens (tertiary/aromatic N) is 1. The summed E-state index contributed by atoms with van der Waals surface area (Å²) in [5, 5.41) is 6.05. The van der Waals surface area contributed by atoms with Crippen molar-refractivity contribution >= 4 is 23.1 Å². The molecular formula is C17H15N3O. The number of nitrogens with one attached hydrogen (secondary N) is 2. The molecule has 0 saturated carbocycles. The normalized spacial score (nSPS) is 10.3. The van der Waals surface area contributed by atoms with Gasteiger partial charge in [-0.2, -0.15) is 0 Å². The molecule has 3 rings (SSSR count). The highest BCUT2D eigenvalue weighted by molar-refractivity contribution is 5.93. The highest BCUT2D eigenvalue weighted by atomic mass is 16.1. The van der Waals surface area contributed by atoms with Crippen LogP contribution in [0.2, 0.25) is 0 Å². The van der Waals surface area contributed by atoms with Crippen molar-refractivity contribution in [3.63, 3.8) is 0 Å². The zero-order valence-electron chi connectivity index (χ0n) is 11.6. The molecule has 1 amide bonds. The minimum Gasteiger partial charge on any atom is -0.339 e. The lowest BCUT2D eigenvalue weighted by molar-refractivity contribution is -0.114. The second kappa shape index (κ2) is 5.63. The molecule has 1 heterocycles. The van der Waals surface area contributed by atoms with Crippen molar-refractivity contribution in [2.75, 3.05) is 10.6 Å². The van der Waals surface area contributed by atoms with Crippen molar-refractivity contribution in [3.05, 3.63) is 60.7 Å². The lowest BCUT2D eigenvalue weighted by Gasteiger charge is -2.10. The Labute approximate surface area is 123 Å². The van der Waals surface area contributed by atoms with Gasteiger partial charge in [0, 0.05) is 12.5 Å². The van der Waals surface area contributed by atoms with E-state index < -0.39 is 0 Å². The standard InChI is InChI=1S/C17H15N3O/c1-12(21)18-15-9-5-6-10-16(15)20-17-11-13-7-3-2-4-8-14(13)19-17/h2-11H,1H3,(H,18,21)(H,19,20). The molecule has 0 atom stereocenters. The highest BCUT2D eigenvalue weighted by Gasteiger charge is 2.09. The molecule has 0 bridgehead atoms. The third kappa shape index (κ3) is 3.00. The first kappa shape index (κ1) is 13.1. The van der Waals surface area contributed by atoms with Gasteiger partial charge in [-0.15, -0.1) is 0 Å². The summed E-state index contributed by atoms with van der Waals surface area (Å²) >= 11 is 0. The minimum absolute atomic E-state index is 0.100. The fraction of sp³-hybridized carbons (Fsp3) is 0.0588. The Hall–Kier alpha value is -2.88. The fourth-order valence-electron chi connectivity index (χ4n) is 2.18. The van der Waals surface area contributed by atoms with E-state index in [1.165, 1.54) is 6.92 Å². The molecule has 21 heavy (non-hydrogen) atoms. The molecule has 0 saturated heterocycles. The summed E-state index contributed by atoms with van der Waals surface area (Å²) in [5.74, 6) is 0.658. The lowest BCUT2D eigenvalue weighted by atomic mass is 10.2. The number of carbonyl (C=O) groups excluding carboxylic acids is 1. The molecule has 0 fully saturated rings. The average Bonchev–Trinajstić information content (AvgIpc) is 2.69. The van der Waals surface area contributed by atoms with Gasteiger partial charge >= 0.3 is 0 Å². The topological polar surface area (TPSA) is 54.0 Å². The van der Waals surface area contributed by atoms with Crippen LogP contribution in [0.1, 0.15) is 6.92 Å². The number of para-hydroxylation sites is 2. The van der Waals surface area contributed by atoms with Gasteiger partial charge in [-0.25, -0.2) is 4.98 Å². The molecule has 1 aromatic rings. The molecule has 4 nitrogen and oxygen atoms in total. The van der Waals surface area contributed by atoms with Gasteiger partial charge < -0.3 is 10.6 Å². The predicted molar refractivity (Wildman–Crippen MR) is 84.9 cm³/mol. The maximum atomic E-state index is 11.2. The molecule has 0 spiro atoms. The molecule has 104 valence electrons. The Kier molecular flexibility index (Phi) is 3.51. The van der Waals surface area contributed by atoms with Crippen LogP contribution in [0, 0.1) is 0 Å². The van der Waals surface area contributed by atoms with Gasteiger partial charge in [0.05, 0.1) is 17.1 Å². The molecule has 0 unspecified atom stereocenters. The average molecular weight is 277 g/mol. The number of anilines is 3. The number of amides is 1. The Balaban J connectivity index is 1.92. The quantitative estimate of drug-likeness (QED) is 0.763. The van der Waals surface area contributed by atoms with E-state index in [2.05, 4.69) is 15.6 Å². The van der Waals surface area contributed by atoms with Gasteiger partial charge in [-0.1, -0.05) is 36.4 Å². The lowest BCUT2D eigenvalue weighted by Crippen LogP contribution is -2.07. The molecule has 2 N–H and O–H groups in total. The third-order valence-corrected chi connectivity index (χ3v) is 3.08. The van der Waals surface area contributed by atoms with Crippen molar-refractivity contribution in [1.29, 1.82) is 0 Å². The van der Waals surface area contributed by atoms with E-state index >= 15 is 0 Å². The number of hydrogen-bond acceptors (Lipinski definition) is 3. The monoisotopic (exact) mass is 277 g/mol. The van der Waals surface area contributed by atoms with E-state index in [-0.39, 0.29) is 5.91 Å². The first-order valence-corrected chi connectivity index (χ1v) is 6.72. The summed E-state index contributed by atoms with van der Waals surface area (Å²) in [4.78, 5) is 15.8. The van der Waals surface area contributed by atoms with E-state index in [1.54, 1.807) is 0 Å². The van der Waals surface area contributed by atoms with Gasteiger partial charge in [-0.3, -0.25) is 4.79 Å². The number of hydrogen-bond donors (Lipinski definition) is 2. The molecule has 1 aromatic carbocycles. The van der Waals surface area contributed by atoms with Crippen molar-refractivity contribution in [2.45, 2.75) is 6.92 Å². The number of rotatable bonds is 3. The summed E-state index contributed by atoms with van der Waals surface area (Å²) in [6, 6.07) is 19.5. The van der Waals surface area contributed by atoms with Crippen molar-refractivity contribution < 1.29 is 4.79 Å². The van der Waals surface area contributed by atoms with Crippen LogP contribution in [0.25, 0.3) is 11.3 Å². The minimum atomic E-state index is -0.100. The van der Waals surface area contributed by atoms with Crippen LogP contribution in [-0.4, -0.2) is 10.9 Å². The molecule has 1 aliphatic carbocycles. The first-order chi connectivity index (χ1) is 10.2. The van der Waals surface area contributed by atoms with Crippen LogP contribution >= 0.6 is 0 Å². The van der Waals surface area contributed by atoms with Crippen molar-refractivity contribution in [1.82, 2.24) is 4.98 Å². The maximum Gasteiger partial charge on any atom is 0.221 e. The smallest absolute Gasteiger partial charge is 0.221 e. The Bertz CT molecular complexity index is 724. The fourth-order valence-corrected chi connectivity index (χ4v) is 2.18. The van der Waals surface area contributed by atoms with Crippen LogP contribution < -0.4 is 10.6 Å². The van der Waals surface area contributed by atoms with Crippen molar-refractivity contribution in [3.8, 4) is 11.3 Å². The summed E-state index contributed by atoms with van der Waals surface area (Å²) in [5.41, 5.74) is 3.56. The van der Waals surface area contributed by atoms with Crippen LogP contribution in [0.3, 0.4) is 0 Å². The van der Waals surface area contributed by atoms with Crippen LogP contribution in [0.4, 0.5) is 17.2 Å². The Morgan fingerprint density at radius 2 is 1.67 bits per heavy atom. The largest absolute Gasteiger partial charge is 0.339 e. The molecule has 4 heteroatoms. The van der Waals surface area contributed by atoms with Gasteiger partial charge in [0.15, 0.2) is 0 Å². The second-order valence-electron chi connectivity index (χ2n) is 4.74. The summed E-state index contributed by atoms with van der Waals surface area (Å²) in [7, 11) is 0. The van der Waals surface area contributed by atoms with Crippen LogP contribution in [0.15, 0.2) is 60.7 Å². The SMILES string of the molecule is CC(=O)Nc1ccccc1Nc1cc2cccccc-2n1. The Morgan fingerprint density at radius 3 is 2.48 bits per heavy atom. The molecule has 0 aromatic heterocycles. The van der Waals surface area contributed by atoms with Crippen LogP contribution in [0.5, 0.6) is 0 Å². The molecule has 1 aliphatic heterocycles. The second-order valence-corrected chi connectivity index (χ2v) is 4.74. The van der Waals surface area contributed by atoms with E-state index in [4.69, 9.17) is 0 Å². The number of benzene rings is 1. The van der Waals surface area contributed by atoms with Gasteiger partial charge in [0.25, 0.3) is 0 Å². The number of aromatic nitrogens is 1. The summed E-state index contributed by atoms with van der Waals surface area (Å²) in [6.07, 6.45) is 0. The third-order valence-electron chi connectivity index (χ3n) is 3.08. The maximum absolute atomic E-state index is 11.2. The highest BCUT2D eigenvalue weighted by Crippen LogP contribution is 2.29. The number of fused-ring (bicyclic) bond motifs is 1. The van der Waals surface area contributed by atoms with Crippen molar-refractivity contribution in [2.24, 2.45) is 0 Å². The van der Waals surface area contributed by atoms with Crippen LogP contribution in [-0.2, 0) is 4.79 Å². The van der Waals surface area contributed by atoms with Gasteiger partial charge in [0.1, 0.15) is 5.82 Å². The predicted octanol–water partition coefficient (Wildman–Crippen LogP) is 3.89. The molecule has 2 aliphatic rings. The summed E-state index contributed by atoms with van der Waals surface area (Å²) in [6.45, 7) is 1.49. The van der Waals surface area contributed by atoms with E-state index in [0.717, 1.165) is 28.5 Å². The zero-order chi connectivity index (χ0) is 14.7. The molecular weight excluding hydrogens is 262 g/mol.